The van der Waals surface area contributed by atoms with Gasteiger partial charge in [-0.05, 0) is 43.7 Å². The van der Waals surface area contributed by atoms with Crippen LogP contribution in [-0.2, 0) is 6.54 Å². The topological polar surface area (TPSA) is 46.9 Å². The number of carbonyl (C=O) groups is 1. The van der Waals surface area contributed by atoms with Gasteiger partial charge in [-0.3, -0.25) is 9.48 Å². The van der Waals surface area contributed by atoms with Gasteiger partial charge in [-0.1, -0.05) is 39.7 Å². The van der Waals surface area contributed by atoms with E-state index in [1.807, 2.05) is 31.2 Å². The molecule has 8 heteroatoms. The molecule has 0 radical (unpaired) electrons. The van der Waals surface area contributed by atoms with Gasteiger partial charge in [0, 0.05) is 4.47 Å². The number of halogens is 4. The third-order valence-electron chi connectivity index (χ3n) is 4.12. The van der Waals surface area contributed by atoms with Gasteiger partial charge in [-0.2, -0.15) is 5.10 Å². The van der Waals surface area contributed by atoms with E-state index in [1.54, 1.807) is 11.6 Å². The van der Waals surface area contributed by atoms with Crippen LogP contribution in [0.5, 0.6) is 0 Å². The molecule has 1 N–H and O–H groups in total. The fourth-order valence-corrected chi connectivity index (χ4v) is 3.17. The predicted octanol–water partition coefficient (Wildman–Crippen LogP) is 5.49. The van der Waals surface area contributed by atoms with E-state index in [0.29, 0.717) is 17.9 Å². The second-order valence-corrected chi connectivity index (χ2v) is 7.35. The summed E-state index contributed by atoms with van der Waals surface area (Å²) in [4.78, 5) is 12.5. The zero-order valence-corrected chi connectivity index (χ0v) is 16.8. The predicted molar refractivity (Wildman–Crippen MR) is 104 cm³/mol. The van der Waals surface area contributed by atoms with Crippen LogP contribution in [0.25, 0.3) is 0 Å². The maximum absolute atomic E-state index is 13.5. The highest BCUT2D eigenvalue weighted by atomic mass is 79.9. The number of aryl methyl sites for hydroxylation is 1. The molecule has 3 rings (SSSR count). The molecular weight excluding hydrogens is 440 g/mol. The number of carbonyl (C=O) groups excluding carboxylic acids is 1. The Morgan fingerprint density at radius 1 is 1.19 bits per heavy atom. The monoisotopic (exact) mass is 453 g/mol. The van der Waals surface area contributed by atoms with Crippen LogP contribution in [0.4, 0.5) is 14.5 Å². The van der Waals surface area contributed by atoms with Crippen LogP contribution >= 0.6 is 27.5 Å². The van der Waals surface area contributed by atoms with Crippen molar-refractivity contribution >= 4 is 39.1 Å². The average Bonchev–Trinajstić information content (AvgIpc) is 2.87. The zero-order chi connectivity index (χ0) is 19.7. The highest BCUT2D eigenvalue weighted by molar-refractivity contribution is 9.10. The Morgan fingerprint density at radius 3 is 2.48 bits per heavy atom. The molecule has 4 nitrogen and oxygen atoms in total. The molecule has 1 amide bonds. The van der Waals surface area contributed by atoms with E-state index in [0.717, 1.165) is 27.9 Å². The van der Waals surface area contributed by atoms with Crippen LogP contribution in [0.15, 0.2) is 40.9 Å². The number of nitrogens with one attached hydrogen (secondary N) is 1. The smallest absolute Gasteiger partial charge is 0.257 e. The highest BCUT2D eigenvalue weighted by Gasteiger charge is 2.19. The van der Waals surface area contributed by atoms with Crippen molar-refractivity contribution in [3.8, 4) is 0 Å². The first-order chi connectivity index (χ1) is 12.8. The number of hydrogen-bond donors (Lipinski definition) is 1. The Balaban J connectivity index is 1.85. The minimum absolute atomic E-state index is 0.143. The van der Waals surface area contributed by atoms with Crippen molar-refractivity contribution in [3.63, 3.8) is 0 Å². The van der Waals surface area contributed by atoms with E-state index < -0.39 is 17.5 Å². The number of benzene rings is 2. The molecule has 0 aliphatic carbocycles. The lowest BCUT2D eigenvalue weighted by Gasteiger charge is -2.09. The lowest BCUT2D eigenvalue weighted by Crippen LogP contribution is -2.14. The van der Waals surface area contributed by atoms with E-state index in [2.05, 4.69) is 26.3 Å². The Bertz CT molecular complexity index is 1020. The van der Waals surface area contributed by atoms with Crippen LogP contribution in [0.3, 0.4) is 0 Å². The number of rotatable bonds is 4. The normalized spacial score (nSPS) is 10.9. The molecule has 0 unspecified atom stereocenters. The molecule has 0 atom stereocenters. The standard InChI is InChI=1S/C19H15BrClF2N3O/c1-10-18(24-19(27)14-7-16(22)17(23)8-15(14)21)11(2)26(25-10)9-12-3-5-13(20)6-4-12/h3-8H,9H2,1-2H3,(H,24,27). The van der Waals surface area contributed by atoms with Gasteiger partial charge in [-0.15, -0.1) is 0 Å². The van der Waals surface area contributed by atoms with Crippen molar-refractivity contribution < 1.29 is 13.6 Å². The first kappa shape index (κ1) is 19.5. The molecule has 1 heterocycles. The Hall–Kier alpha value is -2.25. The molecule has 0 bridgehead atoms. The van der Waals surface area contributed by atoms with Gasteiger partial charge in [0.1, 0.15) is 0 Å². The fourth-order valence-electron chi connectivity index (χ4n) is 2.67. The second kappa shape index (κ2) is 7.78. The quantitative estimate of drug-likeness (QED) is 0.530. The van der Waals surface area contributed by atoms with Crippen molar-refractivity contribution in [2.45, 2.75) is 20.4 Å². The summed E-state index contributed by atoms with van der Waals surface area (Å²) in [7, 11) is 0. The van der Waals surface area contributed by atoms with E-state index >= 15 is 0 Å². The third-order valence-corrected chi connectivity index (χ3v) is 4.96. The summed E-state index contributed by atoms with van der Waals surface area (Å²) in [5, 5.41) is 6.98. The van der Waals surface area contributed by atoms with Gasteiger partial charge in [0.05, 0.1) is 34.2 Å². The number of amides is 1. The maximum Gasteiger partial charge on any atom is 0.257 e. The summed E-state index contributed by atoms with van der Waals surface area (Å²) < 4.78 is 29.4. The molecule has 27 heavy (non-hydrogen) atoms. The van der Waals surface area contributed by atoms with Crippen LogP contribution in [-0.4, -0.2) is 15.7 Å². The van der Waals surface area contributed by atoms with Crippen molar-refractivity contribution in [2.24, 2.45) is 0 Å². The molecule has 3 aromatic rings. The van der Waals surface area contributed by atoms with Gasteiger partial charge >= 0.3 is 0 Å². The van der Waals surface area contributed by atoms with Crippen LogP contribution in [0, 0.1) is 25.5 Å². The van der Waals surface area contributed by atoms with Crippen molar-refractivity contribution in [1.29, 1.82) is 0 Å². The number of aromatic nitrogens is 2. The molecule has 0 fully saturated rings. The van der Waals surface area contributed by atoms with E-state index in [9.17, 15) is 13.6 Å². The molecule has 0 aliphatic heterocycles. The van der Waals surface area contributed by atoms with Crippen LogP contribution in [0.2, 0.25) is 5.02 Å². The summed E-state index contributed by atoms with van der Waals surface area (Å²) >= 11 is 9.27. The van der Waals surface area contributed by atoms with Crippen LogP contribution in [0.1, 0.15) is 27.3 Å². The van der Waals surface area contributed by atoms with Crippen molar-refractivity contribution in [2.75, 3.05) is 5.32 Å². The van der Waals surface area contributed by atoms with Gasteiger partial charge in [0.2, 0.25) is 0 Å². The fraction of sp³-hybridized carbons (Fsp3) is 0.158. The van der Waals surface area contributed by atoms with E-state index in [4.69, 9.17) is 11.6 Å². The van der Waals surface area contributed by atoms with Crippen molar-refractivity contribution in [1.82, 2.24) is 9.78 Å². The third kappa shape index (κ3) is 4.20. The molecule has 0 spiro atoms. The lowest BCUT2D eigenvalue weighted by molar-refractivity contribution is 0.102. The van der Waals surface area contributed by atoms with E-state index in [-0.39, 0.29) is 10.6 Å². The van der Waals surface area contributed by atoms with E-state index in [1.165, 1.54) is 0 Å². The van der Waals surface area contributed by atoms with Crippen molar-refractivity contribution in [3.05, 3.63) is 80.0 Å². The molecular formula is C19H15BrClF2N3O. The second-order valence-electron chi connectivity index (χ2n) is 6.03. The zero-order valence-electron chi connectivity index (χ0n) is 14.5. The lowest BCUT2D eigenvalue weighted by atomic mass is 10.2. The average molecular weight is 455 g/mol. The highest BCUT2D eigenvalue weighted by Crippen LogP contribution is 2.25. The Kier molecular flexibility index (Phi) is 5.62. The number of hydrogen-bond acceptors (Lipinski definition) is 2. The summed E-state index contributed by atoms with van der Waals surface area (Å²) in [5.74, 6) is -2.87. The molecule has 0 saturated heterocycles. The molecule has 0 saturated carbocycles. The first-order valence-corrected chi connectivity index (χ1v) is 9.17. The van der Waals surface area contributed by atoms with Gasteiger partial charge in [0.25, 0.3) is 5.91 Å². The molecule has 2 aromatic carbocycles. The summed E-state index contributed by atoms with van der Waals surface area (Å²) in [6.07, 6.45) is 0. The molecule has 1 aromatic heterocycles. The Morgan fingerprint density at radius 2 is 1.81 bits per heavy atom. The minimum Gasteiger partial charge on any atom is -0.319 e. The van der Waals surface area contributed by atoms with Gasteiger partial charge < -0.3 is 5.32 Å². The molecule has 0 aliphatic rings. The largest absolute Gasteiger partial charge is 0.319 e. The first-order valence-electron chi connectivity index (χ1n) is 8.00. The van der Waals surface area contributed by atoms with Gasteiger partial charge in [-0.25, -0.2) is 8.78 Å². The van der Waals surface area contributed by atoms with Gasteiger partial charge in [0.15, 0.2) is 11.6 Å². The summed E-state index contributed by atoms with van der Waals surface area (Å²) in [5.41, 5.74) is 2.76. The SMILES string of the molecule is Cc1nn(Cc2ccc(Br)cc2)c(C)c1NC(=O)c1cc(F)c(F)cc1Cl. The minimum atomic E-state index is -1.14. The Labute approximate surface area is 168 Å². The summed E-state index contributed by atoms with van der Waals surface area (Å²) in [6.45, 7) is 4.11. The van der Waals surface area contributed by atoms with Crippen LogP contribution < -0.4 is 5.32 Å². The summed E-state index contributed by atoms with van der Waals surface area (Å²) in [6, 6.07) is 9.38. The number of nitrogens with zero attached hydrogens (tertiary/aromatic N) is 2. The number of anilines is 1. The maximum atomic E-state index is 13.5. The molecule has 140 valence electrons.